The Morgan fingerprint density at radius 1 is 1.25 bits per heavy atom. The first-order valence-corrected chi connectivity index (χ1v) is 6.76. The van der Waals surface area contributed by atoms with Gasteiger partial charge in [-0.15, -0.1) is 0 Å². The fraction of sp³-hybridized carbons (Fsp3) is 0.467. The van der Waals surface area contributed by atoms with Crippen LogP contribution >= 0.6 is 0 Å². The number of benzene rings is 1. The van der Waals surface area contributed by atoms with Gasteiger partial charge in [0.1, 0.15) is 5.82 Å². The minimum Gasteiger partial charge on any atom is -0.481 e. The Morgan fingerprint density at radius 3 is 2.50 bits per heavy atom. The molecule has 1 fully saturated rings. The Hall–Kier alpha value is -1.91. The van der Waals surface area contributed by atoms with Gasteiger partial charge in [-0.2, -0.15) is 0 Å². The summed E-state index contributed by atoms with van der Waals surface area (Å²) in [6.45, 7) is 0. The van der Waals surface area contributed by atoms with Crippen LogP contribution in [0.3, 0.4) is 0 Å². The molecule has 5 heteroatoms. The summed E-state index contributed by atoms with van der Waals surface area (Å²) in [6, 6.07) is 5.75. The maximum atomic E-state index is 13.2. The lowest BCUT2D eigenvalue weighted by molar-refractivity contribution is -0.148. The highest BCUT2D eigenvalue weighted by molar-refractivity contribution is 5.96. The monoisotopic (exact) mass is 279 g/mol. The molecule has 0 radical (unpaired) electrons. The Kier molecular flexibility index (Phi) is 4.37. The molecule has 0 aromatic heterocycles. The largest absolute Gasteiger partial charge is 0.481 e. The molecule has 1 aromatic carbocycles. The minimum atomic E-state index is -0.921. The van der Waals surface area contributed by atoms with Gasteiger partial charge in [-0.1, -0.05) is 18.9 Å². The number of amides is 1. The minimum absolute atomic E-state index is 0.247. The van der Waals surface area contributed by atoms with Crippen LogP contribution in [0.15, 0.2) is 24.3 Å². The number of carbonyl (C=O) groups excluding carboxylic acids is 1. The maximum absolute atomic E-state index is 13.2. The molecule has 2 atom stereocenters. The Balaban J connectivity index is 2.18. The van der Waals surface area contributed by atoms with E-state index in [4.69, 9.17) is 0 Å². The molecule has 1 N–H and O–H groups in total. The van der Waals surface area contributed by atoms with Gasteiger partial charge in [-0.3, -0.25) is 9.59 Å². The molecule has 0 spiro atoms. The number of anilines is 1. The highest BCUT2D eigenvalue weighted by Crippen LogP contribution is 2.32. The fourth-order valence-electron chi connectivity index (χ4n) is 2.78. The lowest BCUT2D eigenvalue weighted by Gasteiger charge is -2.31. The number of hydrogen-bond acceptors (Lipinski definition) is 2. The molecule has 1 aromatic rings. The van der Waals surface area contributed by atoms with Gasteiger partial charge in [0, 0.05) is 12.7 Å². The van der Waals surface area contributed by atoms with E-state index < -0.39 is 23.6 Å². The zero-order valence-electron chi connectivity index (χ0n) is 11.4. The third-order valence-electron chi connectivity index (χ3n) is 3.93. The summed E-state index contributed by atoms with van der Waals surface area (Å²) in [5.74, 6) is -2.74. The summed E-state index contributed by atoms with van der Waals surface area (Å²) < 4.78 is 13.2. The first-order valence-electron chi connectivity index (χ1n) is 6.76. The molecule has 108 valence electrons. The van der Waals surface area contributed by atoms with Crippen molar-refractivity contribution in [1.29, 1.82) is 0 Å². The summed E-state index contributed by atoms with van der Waals surface area (Å²) in [4.78, 5) is 25.1. The van der Waals surface area contributed by atoms with Crippen molar-refractivity contribution in [3.05, 3.63) is 30.1 Å². The standard InChI is InChI=1S/C15H18FNO3/c1-17(11-6-4-5-10(16)9-11)14(18)12-7-2-3-8-13(12)15(19)20/h4-6,9,12-13H,2-3,7-8H2,1H3,(H,19,20)/t12-,13+/m1/s1. The van der Waals surface area contributed by atoms with E-state index in [1.165, 1.54) is 23.1 Å². The molecular formula is C15H18FNO3. The normalized spacial score (nSPS) is 22.3. The second-order valence-corrected chi connectivity index (χ2v) is 5.21. The van der Waals surface area contributed by atoms with Crippen molar-refractivity contribution in [3.63, 3.8) is 0 Å². The second-order valence-electron chi connectivity index (χ2n) is 5.21. The summed E-state index contributed by atoms with van der Waals surface area (Å²) in [7, 11) is 1.56. The Morgan fingerprint density at radius 2 is 1.90 bits per heavy atom. The van der Waals surface area contributed by atoms with E-state index in [0.29, 0.717) is 18.5 Å². The number of nitrogens with zero attached hydrogens (tertiary/aromatic N) is 1. The van der Waals surface area contributed by atoms with E-state index >= 15 is 0 Å². The van der Waals surface area contributed by atoms with Gasteiger partial charge in [0.15, 0.2) is 0 Å². The number of carboxylic acids is 1. The molecular weight excluding hydrogens is 261 g/mol. The van der Waals surface area contributed by atoms with Gasteiger partial charge in [-0.05, 0) is 31.0 Å². The van der Waals surface area contributed by atoms with Crippen molar-refractivity contribution in [2.45, 2.75) is 25.7 Å². The third kappa shape index (κ3) is 2.98. The average molecular weight is 279 g/mol. The van der Waals surface area contributed by atoms with Gasteiger partial charge in [0.05, 0.1) is 11.8 Å². The Labute approximate surface area is 117 Å². The summed E-state index contributed by atoms with van der Waals surface area (Å²) in [6.07, 6.45) is 2.81. The first-order chi connectivity index (χ1) is 9.50. The van der Waals surface area contributed by atoms with Gasteiger partial charge in [0.2, 0.25) is 5.91 Å². The van der Waals surface area contributed by atoms with Crippen molar-refractivity contribution in [1.82, 2.24) is 0 Å². The van der Waals surface area contributed by atoms with Gasteiger partial charge in [-0.25, -0.2) is 4.39 Å². The second kappa shape index (κ2) is 6.03. The summed E-state index contributed by atoms with van der Waals surface area (Å²) in [5, 5.41) is 9.22. The zero-order chi connectivity index (χ0) is 14.7. The predicted octanol–water partition coefficient (Wildman–Crippen LogP) is 2.68. The smallest absolute Gasteiger partial charge is 0.307 e. The highest BCUT2D eigenvalue weighted by atomic mass is 19.1. The number of aliphatic carboxylic acids is 1. The van der Waals surface area contributed by atoms with E-state index in [-0.39, 0.29) is 5.91 Å². The predicted molar refractivity (Wildman–Crippen MR) is 72.9 cm³/mol. The zero-order valence-corrected chi connectivity index (χ0v) is 11.4. The van der Waals surface area contributed by atoms with Crippen LogP contribution in [0.2, 0.25) is 0 Å². The summed E-state index contributed by atoms with van der Waals surface area (Å²) in [5.41, 5.74) is 0.449. The molecule has 1 amide bonds. The van der Waals surface area contributed by atoms with Crippen molar-refractivity contribution >= 4 is 17.6 Å². The van der Waals surface area contributed by atoms with Crippen LogP contribution in [0.1, 0.15) is 25.7 Å². The number of hydrogen-bond donors (Lipinski definition) is 1. The molecule has 0 unspecified atom stereocenters. The lowest BCUT2D eigenvalue weighted by Crippen LogP contribution is -2.40. The molecule has 0 aliphatic heterocycles. The van der Waals surface area contributed by atoms with Crippen molar-refractivity contribution < 1.29 is 19.1 Å². The average Bonchev–Trinajstić information content (AvgIpc) is 2.45. The molecule has 0 saturated heterocycles. The highest BCUT2D eigenvalue weighted by Gasteiger charge is 2.37. The van der Waals surface area contributed by atoms with E-state index in [0.717, 1.165) is 12.8 Å². The molecule has 1 saturated carbocycles. The SMILES string of the molecule is CN(C(=O)[C@@H]1CCCC[C@@H]1C(=O)O)c1cccc(F)c1. The quantitative estimate of drug-likeness (QED) is 0.925. The van der Waals surface area contributed by atoms with Crippen LogP contribution < -0.4 is 4.90 Å². The van der Waals surface area contributed by atoms with E-state index in [1.54, 1.807) is 13.1 Å². The van der Waals surface area contributed by atoms with Gasteiger partial charge >= 0.3 is 5.97 Å². The Bertz CT molecular complexity index is 518. The van der Waals surface area contributed by atoms with Crippen LogP contribution in [0.4, 0.5) is 10.1 Å². The molecule has 1 aliphatic rings. The van der Waals surface area contributed by atoms with E-state index in [9.17, 15) is 19.1 Å². The van der Waals surface area contributed by atoms with Crippen molar-refractivity contribution in [2.24, 2.45) is 11.8 Å². The molecule has 0 bridgehead atoms. The van der Waals surface area contributed by atoms with Crippen LogP contribution in [0, 0.1) is 17.7 Å². The van der Waals surface area contributed by atoms with Crippen LogP contribution in [-0.4, -0.2) is 24.0 Å². The number of halogens is 1. The van der Waals surface area contributed by atoms with Crippen LogP contribution in [0.25, 0.3) is 0 Å². The first kappa shape index (κ1) is 14.5. The molecule has 20 heavy (non-hydrogen) atoms. The summed E-state index contributed by atoms with van der Waals surface area (Å²) >= 11 is 0. The fourth-order valence-corrected chi connectivity index (χ4v) is 2.78. The van der Waals surface area contributed by atoms with Crippen molar-refractivity contribution in [3.8, 4) is 0 Å². The number of carboxylic acid groups (broad SMARTS) is 1. The van der Waals surface area contributed by atoms with Crippen LogP contribution in [-0.2, 0) is 9.59 Å². The van der Waals surface area contributed by atoms with E-state index in [1.807, 2.05) is 0 Å². The van der Waals surface area contributed by atoms with Crippen LogP contribution in [0.5, 0.6) is 0 Å². The number of rotatable bonds is 3. The van der Waals surface area contributed by atoms with Gasteiger partial charge in [0.25, 0.3) is 0 Å². The van der Waals surface area contributed by atoms with Gasteiger partial charge < -0.3 is 10.0 Å². The maximum Gasteiger partial charge on any atom is 0.307 e. The number of carbonyl (C=O) groups is 2. The molecule has 4 nitrogen and oxygen atoms in total. The lowest BCUT2D eigenvalue weighted by atomic mass is 9.78. The molecule has 0 heterocycles. The third-order valence-corrected chi connectivity index (χ3v) is 3.93. The topological polar surface area (TPSA) is 57.6 Å². The molecule has 1 aliphatic carbocycles. The molecule has 2 rings (SSSR count). The van der Waals surface area contributed by atoms with Crippen molar-refractivity contribution in [2.75, 3.05) is 11.9 Å². The van der Waals surface area contributed by atoms with E-state index in [2.05, 4.69) is 0 Å².